The lowest BCUT2D eigenvalue weighted by Crippen LogP contribution is -2.43. The van der Waals surface area contributed by atoms with Crippen molar-refractivity contribution < 1.29 is 13.9 Å². The Morgan fingerprint density at radius 1 is 1.00 bits per heavy atom. The lowest BCUT2D eigenvalue weighted by atomic mass is 9.77. The number of rotatable bonds is 9. The highest BCUT2D eigenvalue weighted by atomic mass is 79.9. The molecule has 0 bridgehead atoms. The summed E-state index contributed by atoms with van der Waals surface area (Å²) in [5.41, 5.74) is 3.15. The molecule has 52 heavy (non-hydrogen) atoms. The van der Waals surface area contributed by atoms with Gasteiger partial charge in [-0.05, 0) is 58.1 Å². The summed E-state index contributed by atoms with van der Waals surface area (Å²) in [4.78, 5) is 9.05. The Balaban J connectivity index is 1.15. The molecule has 5 aromatic rings. The molecule has 5 heterocycles. The van der Waals surface area contributed by atoms with Gasteiger partial charge in [0, 0.05) is 29.2 Å². The molecule has 1 N–H and O–H groups in total. The fourth-order valence-corrected chi connectivity index (χ4v) is 9.11. The van der Waals surface area contributed by atoms with Gasteiger partial charge in [-0.3, -0.25) is 14.6 Å². The Labute approximate surface area is 315 Å². The van der Waals surface area contributed by atoms with Gasteiger partial charge in [0.15, 0.2) is 0 Å². The number of benzene rings is 4. The Bertz CT molecular complexity index is 2170. The Morgan fingerprint density at radius 3 is 2.35 bits per heavy atom. The van der Waals surface area contributed by atoms with Gasteiger partial charge in [-0.2, -0.15) is 5.10 Å². The third-order valence-corrected chi connectivity index (χ3v) is 12.0. The summed E-state index contributed by atoms with van der Waals surface area (Å²) in [7, 11) is 0. The fourth-order valence-electron chi connectivity index (χ4n) is 8.50. The van der Waals surface area contributed by atoms with Crippen LogP contribution in [0.15, 0.2) is 131 Å². The van der Waals surface area contributed by atoms with Gasteiger partial charge in [0.05, 0.1) is 40.1 Å². The van der Waals surface area contributed by atoms with Crippen LogP contribution in [-0.4, -0.2) is 57.7 Å². The van der Waals surface area contributed by atoms with Crippen LogP contribution in [0.4, 0.5) is 4.39 Å². The van der Waals surface area contributed by atoms with Crippen molar-refractivity contribution in [3.63, 3.8) is 0 Å². The summed E-state index contributed by atoms with van der Waals surface area (Å²) < 4.78 is 30.5. The van der Waals surface area contributed by atoms with Gasteiger partial charge in [0.25, 0.3) is 0 Å². The Kier molecular flexibility index (Phi) is 8.56. The number of alkyl halides is 1. The van der Waals surface area contributed by atoms with E-state index in [0.717, 1.165) is 52.7 Å². The second-order valence-electron chi connectivity index (χ2n) is 13.9. The summed E-state index contributed by atoms with van der Waals surface area (Å²) in [6, 6.07) is 33.3. The van der Waals surface area contributed by atoms with Crippen LogP contribution in [0, 0.1) is 0 Å². The SMILES string of the molecule is F[C@H]1CN2CCC[C@@]2(COC2=CN(Cc3cnn(C(c4ccccc4)(c4ccccc4)c4ccccc4)c3)C3=c4c(cc(Br)c(Cl)c4=NCN3)O2)C1. The van der Waals surface area contributed by atoms with Crippen LogP contribution in [0.1, 0.15) is 41.5 Å². The quantitative estimate of drug-likeness (QED) is 0.169. The highest BCUT2D eigenvalue weighted by Gasteiger charge is 2.49. The molecule has 9 rings (SSSR count). The highest BCUT2D eigenvalue weighted by Crippen LogP contribution is 2.42. The van der Waals surface area contributed by atoms with Crippen LogP contribution < -0.4 is 20.6 Å². The standard InChI is InChI=1S/C41H37BrClFN6O2/c42-33-19-34-36-38(37(33)43)45-27-46-39(36)48(25-35(52-34)51-26-40-17-10-18-49(40)24-32(44)20-40)22-28-21-47-50(23-28)41(29-11-4-1-5-12-29,30-13-6-2-7-14-30)31-15-8-3-9-16-31/h1-9,11-16,19,21,23,25,32,46H,10,17-18,20,22,24,26-27H2/t32-,40+/m1/s1. The monoisotopic (exact) mass is 778 g/mol. The van der Waals surface area contributed by atoms with E-state index in [-0.39, 0.29) is 5.54 Å². The Hall–Kier alpha value is -4.64. The van der Waals surface area contributed by atoms with E-state index in [2.05, 4.69) is 115 Å². The van der Waals surface area contributed by atoms with Gasteiger partial charge >= 0.3 is 5.95 Å². The van der Waals surface area contributed by atoms with Crippen molar-refractivity contribution in [3.8, 4) is 5.75 Å². The molecule has 8 nitrogen and oxygen atoms in total. The number of nitrogens with one attached hydrogen (secondary N) is 1. The minimum Gasteiger partial charge on any atom is -0.462 e. The van der Waals surface area contributed by atoms with Crippen molar-refractivity contribution in [2.24, 2.45) is 4.99 Å². The first-order chi connectivity index (χ1) is 25.4. The molecule has 2 fully saturated rings. The molecule has 4 aromatic carbocycles. The fraction of sp³-hybridized carbons (Fsp3) is 0.268. The molecular formula is C41H37BrClFN6O2. The van der Waals surface area contributed by atoms with Crippen LogP contribution in [0.2, 0.25) is 5.02 Å². The minimum absolute atomic E-state index is 0.322. The molecule has 0 amide bonds. The summed E-state index contributed by atoms with van der Waals surface area (Å²) in [6.07, 6.45) is 7.47. The number of fused-ring (bicyclic) bond motifs is 1. The van der Waals surface area contributed by atoms with E-state index in [1.807, 2.05) is 36.7 Å². The van der Waals surface area contributed by atoms with E-state index in [9.17, 15) is 4.39 Å². The summed E-state index contributed by atoms with van der Waals surface area (Å²) >= 11 is 10.4. The molecule has 0 saturated carbocycles. The molecule has 0 spiro atoms. The second kappa shape index (κ2) is 13.4. The average molecular weight is 780 g/mol. The average Bonchev–Trinajstić information content (AvgIpc) is 3.85. The van der Waals surface area contributed by atoms with E-state index in [1.165, 1.54) is 0 Å². The summed E-state index contributed by atoms with van der Waals surface area (Å²) in [5.74, 6) is 1.68. The highest BCUT2D eigenvalue weighted by molar-refractivity contribution is 9.10. The molecule has 2 saturated heterocycles. The lowest BCUT2D eigenvalue weighted by Gasteiger charge is -2.36. The first kappa shape index (κ1) is 33.2. The van der Waals surface area contributed by atoms with Crippen LogP contribution in [0.3, 0.4) is 0 Å². The number of aromatic nitrogens is 2. The molecular weight excluding hydrogens is 743 g/mol. The maximum atomic E-state index is 14.7. The molecule has 264 valence electrons. The van der Waals surface area contributed by atoms with E-state index in [1.54, 1.807) is 0 Å². The van der Waals surface area contributed by atoms with Gasteiger partial charge in [-0.1, -0.05) is 103 Å². The third-order valence-electron chi connectivity index (χ3n) is 10.8. The molecule has 4 aliphatic heterocycles. The van der Waals surface area contributed by atoms with Crippen molar-refractivity contribution in [1.29, 1.82) is 0 Å². The molecule has 0 radical (unpaired) electrons. The van der Waals surface area contributed by atoms with Gasteiger partial charge in [-0.15, -0.1) is 0 Å². The van der Waals surface area contributed by atoms with Crippen LogP contribution in [0.5, 0.6) is 5.75 Å². The number of halogens is 3. The first-order valence-electron chi connectivity index (χ1n) is 17.6. The van der Waals surface area contributed by atoms with Crippen molar-refractivity contribution in [1.82, 2.24) is 24.9 Å². The maximum absolute atomic E-state index is 14.7. The largest absolute Gasteiger partial charge is 0.462 e. The zero-order chi connectivity index (χ0) is 35.3. The molecule has 4 aliphatic rings. The predicted molar refractivity (Wildman–Crippen MR) is 201 cm³/mol. The number of hydrogen-bond donors (Lipinski definition) is 1. The molecule has 11 heteroatoms. The molecule has 2 atom stereocenters. The topological polar surface area (TPSA) is 67.2 Å². The van der Waals surface area contributed by atoms with Gasteiger partial charge in [0.1, 0.15) is 36.6 Å². The van der Waals surface area contributed by atoms with E-state index >= 15 is 0 Å². The first-order valence-corrected chi connectivity index (χ1v) is 18.8. The maximum Gasteiger partial charge on any atom is 0.301 e. The second-order valence-corrected chi connectivity index (χ2v) is 15.1. The predicted octanol–water partition coefficient (Wildman–Crippen LogP) is 6.67. The smallest absolute Gasteiger partial charge is 0.301 e. The number of nitrogens with zero attached hydrogens (tertiary/aromatic N) is 5. The molecule has 0 unspecified atom stereocenters. The van der Waals surface area contributed by atoms with Crippen LogP contribution in [-0.2, 0) is 16.8 Å². The van der Waals surface area contributed by atoms with Crippen molar-refractivity contribution in [2.75, 3.05) is 26.4 Å². The van der Waals surface area contributed by atoms with E-state index in [4.69, 9.17) is 31.2 Å². The van der Waals surface area contributed by atoms with Crippen molar-refractivity contribution in [3.05, 3.63) is 164 Å². The van der Waals surface area contributed by atoms with Crippen LogP contribution in [0.25, 0.3) is 5.82 Å². The van der Waals surface area contributed by atoms with Gasteiger partial charge in [-0.25, -0.2) is 4.39 Å². The number of ether oxygens (including phenoxy) is 2. The third kappa shape index (κ3) is 5.59. The normalized spacial score (nSPS) is 21.0. The van der Waals surface area contributed by atoms with Crippen LogP contribution >= 0.6 is 27.5 Å². The molecule has 0 aliphatic carbocycles. The zero-order valence-electron chi connectivity index (χ0n) is 28.4. The van der Waals surface area contributed by atoms with Crippen molar-refractivity contribution in [2.45, 2.75) is 43.1 Å². The van der Waals surface area contributed by atoms with E-state index < -0.39 is 11.7 Å². The number of hydrogen-bond acceptors (Lipinski definition) is 7. The summed E-state index contributed by atoms with van der Waals surface area (Å²) in [6.45, 7) is 2.45. The van der Waals surface area contributed by atoms with Gasteiger partial charge < -0.3 is 19.7 Å². The van der Waals surface area contributed by atoms with Gasteiger partial charge in [0.2, 0.25) is 0 Å². The minimum atomic E-state index is -0.850. The van der Waals surface area contributed by atoms with Crippen molar-refractivity contribution >= 4 is 33.4 Å². The lowest BCUT2D eigenvalue weighted by molar-refractivity contribution is 0.0265. The molecule has 1 aromatic heterocycles. The zero-order valence-corrected chi connectivity index (χ0v) is 30.7. The Morgan fingerprint density at radius 2 is 1.67 bits per heavy atom. The van der Waals surface area contributed by atoms with E-state index in [0.29, 0.717) is 59.3 Å². The summed E-state index contributed by atoms with van der Waals surface area (Å²) in [5, 5.41) is 10.5.